The number of halogens is 2. The number of nitrogen functional groups attached to an aromatic ring is 1. The van der Waals surface area contributed by atoms with E-state index in [4.69, 9.17) is 11.5 Å². The van der Waals surface area contributed by atoms with Crippen LogP contribution in [0.2, 0.25) is 0 Å². The predicted molar refractivity (Wildman–Crippen MR) is 70.5 cm³/mol. The van der Waals surface area contributed by atoms with Crippen LogP contribution in [0.1, 0.15) is 30.9 Å². The van der Waals surface area contributed by atoms with Gasteiger partial charge in [0.25, 0.3) is 0 Å². The van der Waals surface area contributed by atoms with Crippen molar-refractivity contribution in [3.63, 3.8) is 0 Å². The molecule has 1 aliphatic rings. The lowest BCUT2D eigenvalue weighted by Gasteiger charge is -2.15. The second-order valence-corrected chi connectivity index (χ2v) is 5.95. The molecule has 4 N–H and O–H groups in total. The van der Waals surface area contributed by atoms with Crippen molar-refractivity contribution in [2.24, 2.45) is 11.7 Å². The summed E-state index contributed by atoms with van der Waals surface area (Å²) in [7, 11) is 0. The first-order valence-electron chi connectivity index (χ1n) is 5.08. The van der Waals surface area contributed by atoms with E-state index >= 15 is 0 Å². The summed E-state index contributed by atoms with van der Waals surface area (Å²) in [6.07, 6.45) is 3.69. The highest BCUT2D eigenvalue weighted by Crippen LogP contribution is 2.39. The van der Waals surface area contributed by atoms with Crippen LogP contribution in [-0.4, -0.2) is 0 Å². The molecule has 2 nitrogen and oxygen atoms in total. The van der Waals surface area contributed by atoms with Crippen LogP contribution in [0, 0.1) is 5.92 Å². The Hall–Kier alpha value is -0.0600. The van der Waals surface area contributed by atoms with Gasteiger partial charge in [0.15, 0.2) is 0 Å². The number of hydrogen-bond donors (Lipinski definition) is 2. The lowest BCUT2D eigenvalue weighted by atomic mass is 10.0. The molecule has 1 aliphatic carbocycles. The fourth-order valence-electron chi connectivity index (χ4n) is 1.75. The molecule has 1 fully saturated rings. The van der Waals surface area contributed by atoms with Crippen molar-refractivity contribution < 1.29 is 0 Å². The van der Waals surface area contributed by atoms with E-state index in [1.165, 1.54) is 12.8 Å². The third-order valence-electron chi connectivity index (χ3n) is 2.81. The lowest BCUT2D eigenvalue weighted by Crippen LogP contribution is -2.13. The molecule has 0 bridgehead atoms. The van der Waals surface area contributed by atoms with Gasteiger partial charge in [0, 0.05) is 15.0 Å². The zero-order valence-electron chi connectivity index (χ0n) is 8.34. The van der Waals surface area contributed by atoms with Crippen molar-refractivity contribution in [2.75, 3.05) is 5.73 Å². The molecule has 1 saturated carbocycles. The Labute approximate surface area is 107 Å². The Bertz CT molecular complexity index is 375. The summed E-state index contributed by atoms with van der Waals surface area (Å²) >= 11 is 6.89. The molecular formula is C11H14Br2N2. The van der Waals surface area contributed by atoms with E-state index < -0.39 is 0 Å². The highest BCUT2D eigenvalue weighted by molar-refractivity contribution is 9.11. The topological polar surface area (TPSA) is 52.0 Å². The molecule has 2 rings (SSSR count). The minimum absolute atomic E-state index is 0.0614. The predicted octanol–water partition coefficient (Wildman–Crippen LogP) is 3.59. The lowest BCUT2D eigenvalue weighted by molar-refractivity contribution is 0.598. The number of rotatable bonds is 3. The van der Waals surface area contributed by atoms with Gasteiger partial charge < -0.3 is 11.5 Å². The quantitative estimate of drug-likeness (QED) is 0.830. The summed E-state index contributed by atoms with van der Waals surface area (Å²) in [5.41, 5.74) is 14.0. The second kappa shape index (κ2) is 4.44. The van der Waals surface area contributed by atoms with Crippen LogP contribution < -0.4 is 11.5 Å². The Balaban J connectivity index is 2.24. The summed E-state index contributed by atoms with van der Waals surface area (Å²) in [6, 6.07) is 4.03. The molecule has 0 radical (unpaired) electrons. The standard InChI is InChI=1S/C11H14Br2N2/c12-7-4-8(11(15)9(13)5-7)10(14)3-6-1-2-6/h4-6,10H,1-3,14-15H2/t10-/m1/s1. The third kappa shape index (κ3) is 2.74. The van der Waals surface area contributed by atoms with Crippen LogP contribution in [0.4, 0.5) is 5.69 Å². The van der Waals surface area contributed by atoms with Gasteiger partial charge in [-0.25, -0.2) is 0 Å². The van der Waals surface area contributed by atoms with Gasteiger partial charge in [-0.3, -0.25) is 0 Å². The van der Waals surface area contributed by atoms with E-state index in [1.54, 1.807) is 0 Å². The molecule has 0 aliphatic heterocycles. The van der Waals surface area contributed by atoms with Crippen molar-refractivity contribution in [2.45, 2.75) is 25.3 Å². The first-order valence-corrected chi connectivity index (χ1v) is 6.66. The van der Waals surface area contributed by atoms with Crippen molar-refractivity contribution in [1.29, 1.82) is 0 Å². The van der Waals surface area contributed by atoms with Crippen LogP contribution in [0.15, 0.2) is 21.1 Å². The maximum atomic E-state index is 6.15. The minimum Gasteiger partial charge on any atom is -0.398 e. The van der Waals surface area contributed by atoms with Gasteiger partial charge in [-0.1, -0.05) is 28.8 Å². The largest absolute Gasteiger partial charge is 0.398 e. The summed E-state index contributed by atoms with van der Waals surface area (Å²) in [6.45, 7) is 0. The molecule has 0 heterocycles. The highest BCUT2D eigenvalue weighted by Gasteiger charge is 2.25. The minimum atomic E-state index is 0.0614. The SMILES string of the molecule is Nc1c(Br)cc(Br)cc1[C@H](N)CC1CC1. The molecule has 82 valence electrons. The number of hydrogen-bond acceptors (Lipinski definition) is 2. The van der Waals surface area contributed by atoms with Gasteiger partial charge in [0.05, 0.1) is 5.69 Å². The molecule has 1 aromatic rings. The summed E-state index contributed by atoms with van der Waals surface area (Å²) in [5, 5.41) is 0. The maximum absolute atomic E-state index is 6.15. The van der Waals surface area contributed by atoms with Crippen LogP contribution in [0.5, 0.6) is 0 Å². The van der Waals surface area contributed by atoms with E-state index in [9.17, 15) is 0 Å². The molecule has 0 unspecified atom stereocenters. The zero-order chi connectivity index (χ0) is 11.0. The Morgan fingerprint density at radius 2 is 2.00 bits per heavy atom. The van der Waals surface area contributed by atoms with Gasteiger partial charge in [-0.2, -0.15) is 0 Å². The summed E-state index contributed by atoms with van der Waals surface area (Å²) < 4.78 is 1.93. The number of anilines is 1. The molecule has 0 aromatic heterocycles. The Morgan fingerprint density at radius 3 is 2.60 bits per heavy atom. The number of nitrogens with two attached hydrogens (primary N) is 2. The molecule has 4 heteroatoms. The Kier molecular flexibility index (Phi) is 3.38. The van der Waals surface area contributed by atoms with Gasteiger partial charge in [0.1, 0.15) is 0 Å². The van der Waals surface area contributed by atoms with E-state index in [0.29, 0.717) is 0 Å². The first kappa shape index (κ1) is 11.4. The van der Waals surface area contributed by atoms with Gasteiger partial charge >= 0.3 is 0 Å². The van der Waals surface area contributed by atoms with E-state index in [1.807, 2.05) is 12.1 Å². The van der Waals surface area contributed by atoms with Crippen molar-refractivity contribution in [1.82, 2.24) is 0 Å². The average Bonchev–Trinajstić information content (AvgIpc) is 2.94. The smallest absolute Gasteiger partial charge is 0.0507 e. The maximum Gasteiger partial charge on any atom is 0.0507 e. The second-order valence-electron chi connectivity index (χ2n) is 4.18. The fraction of sp³-hybridized carbons (Fsp3) is 0.455. The van der Waals surface area contributed by atoms with Gasteiger partial charge in [-0.05, 0) is 46.0 Å². The first-order chi connectivity index (χ1) is 7.08. The van der Waals surface area contributed by atoms with Crippen LogP contribution in [-0.2, 0) is 0 Å². The van der Waals surface area contributed by atoms with Crippen LogP contribution in [0.3, 0.4) is 0 Å². The van der Waals surface area contributed by atoms with Crippen molar-refractivity contribution in [3.05, 3.63) is 26.6 Å². The fourth-order valence-corrected chi connectivity index (χ4v) is 3.01. The molecule has 15 heavy (non-hydrogen) atoms. The van der Waals surface area contributed by atoms with Crippen LogP contribution >= 0.6 is 31.9 Å². The molecule has 0 saturated heterocycles. The molecule has 1 aromatic carbocycles. The monoisotopic (exact) mass is 332 g/mol. The van der Waals surface area contributed by atoms with Gasteiger partial charge in [0.2, 0.25) is 0 Å². The van der Waals surface area contributed by atoms with Crippen LogP contribution in [0.25, 0.3) is 0 Å². The normalized spacial score (nSPS) is 17.8. The molecule has 1 atom stereocenters. The van der Waals surface area contributed by atoms with Gasteiger partial charge in [-0.15, -0.1) is 0 Å². The summed E-state index contributed by atoms with van der Waals surface area (Å²) in [5.74, 6) is 0.817. The van der Waals surface area contributed by atoms with Crippen molar-refractivity contribution in [3.8, 4) is 0 Å². The highest BCUT2D eigenvalue weighted by atomic mass is 79.9. The Morgan fingerprint density at radius 1 is 1.33 bits per heavy atom. The average molecular weight is 334 g/mol. The molecule has 0 amide bonds. The molecule has 0 spiro atoms. The molecular weight excluding hydrogens is 320 g/mol. The third-order valence-corrected chi connectivity index (χ3v) is 3.92. The van der Waals surface area contributed by atoms with E-state index in [2.05, 4.69) is 31.9 Å². The summed E-state index contributed by atoms with van der Waals surface area (Å²) in [4.78, 5) is 0. The number of benzene rings is 1. The zero-order valence-corrected chi connectivity index (χ0v) is 11.5. The van der Waals surface area contributed by atoms with E-state index in [0.717, 1.165) is 32.5 Å². The van der Waals surface area contributed by atoms with E-state index in [-0.39, 0.29) is 6.04 Å². The van der Waals surface area contributed by atoms with Crippen molar-refractivity contribution >= 4 is 37.5 Å².